The lowest BCUT2D eigenvalue weighted by Crippen LogP contribution is -2.61. The Hall–Kier alpha value is -3.20. The molecule has 0 spiro atoms. The van der Waals surface area contributed by atoms with E-state index in [1.807, 2.05) is 28.6 Å². The number of fused-ring (bicyclic) bond motifs is 9. The van der Waals surface area contributed by atoms with Crippen molar-refractivity contribution in [3.63, 3.8) is 0 Å². The van der Waals surface area contributed by atoms with Crippen LogP contribution in [0.4, 0.5) is 11.4 Å². The number of carbonyl (C=O) groups excluding carboxylic acids is 1. The first-order valence-corrected chi connectivity index (χ1v) is 15.1. The van der Waals surface area contributed by atoms with Crippen molar-refractivity contribution < 1.29 is 9.72 Å². The molecule has 40 heavy (non-hydrogen) atoms. The summed E-state index contributed by atoms with van der Waals surface area (Å²) in [7, 11) is 1.96. The number of piperidine rings is 3. The molecule has 7 rings (SSSR count). The van der Waals surface area contributed by atoms with E-state index in [2.05, 4.69) is 15.9 Å². The number of nitro benzene ring substituents is 1. The number of carbonyl (C=O) groups is 1. The van der Waals surface area contributed by atoms with Crippen LogP contribution in [-0.4, -0.2) is 70.5 Å². The third-order valence-electron chi connectivity index (χ3n) is 10.6. The van der Waals surface area contributed by atoms with Gasteiger partial charge < -0.3 is 19.3 Å². The molecule has 5 aliphatic rings. The van der Waals surface area contributed by atoms with Gasteiger partial charge in [0.1, 0.15) is 0 Å². The summed E-state index contributed by atoms with van der Waals surface area (Å²) >= 11 is 0. The number of aromatic nitrogens is 1. The van der Waals surface area contributed by atoms with E-state index in [4.69, 9.17) is 0 Å². The lowest BCUT2D eigenvalue weighted by atomic mass is 9.69. The zero-order valence-electron chi connectivity index (χ0n) is 23.3. The Morgan fingerprint density at radius 3 is 2.80 bits per heavy atom. The van der Waals surface area contributed by atoms with Crippen molar-refractivity contribution in [3.8, 4) is 0 Å². The first kappa shape index (κ1) is 25.7. The van der Waals surface area contributed by atoms with Crippen LogP contribution >= 0.6 is 0 Å². The summed E-state index contributed by atoms with van der Waals surface area (Å²) in [6, 6.07) is 11.2. The minimum Gasteiger partial charge on any atom is -0.366 e. The smallest absolute Gasteiger partial charge is 0.269 e. The number of pyridine rings is 1. The molecule has 0 saturated carbocycles. The largest absolute Gasteiger partial charge is 0.366 e. The molecule has 212 valence electrons. The number of anilines is 1. The molecule has 2 aromatic rings. The molecule has 9 heteroatoms. The second-order valence-electron chi connectivity index (χ2n) is 12.8. The highest BCUT2D eigenvalue weighted by molar-refractivity contribution is 5.82. The van der Waals surface area contributed by atoms with Crippen molar-refractivity contribution in [1.82, 2.24) is 14.4 Å². The Bertz CT molecular complexity index is 1390. The van der Waals surface area contributed by atoms with Gasteiger partial charge in [-0.05, 0) is 81.1 Å². The van der Waals surface area contributed by atoms with E-state index in [1.54, 1.807) is 18.2 Å². The Morgan fingerprint density at radius 1 is 1.10 bits per heavy atom. The van der Waals surface area contributed by atoms with Crippen LogP contribution in [0.1, 0.15) is 55.7 Å². The van der Waals surface area contributed by atoms with Gasteiger partial charge in [-0.2, -0.15) is 0 Å². The number of benzene rings is 1. The second kappa shape index (κ2) is 10.0. The van der Waals surface area contributed by atoms with E-state index in [9.17, 15) is 19.7 Å². The van der Waals surface area contributed by atoms with E-state index >= 15 is 0 Å². The van der Waals surface area contributed by atoms with Crippen LogP contribution in [-0.2, 0) is 17.8 Å². The fourth-order valence-electron chi connectivity index (χ4n) is 8.95. The molecule has 3 fully saturated rings. The Labute approximate surface area is 234 Å². The predicted molar refractivity (Wildman–Crippen MR) is 153 cm³/mol. The van der Waals surface area contributed by atoms with E-state index in [0.29, 0.717) is 31.5 Å². The average molecular weight is 546 g/mol. The Morgan fingerprint density at radius 2 is 1.95 bits per heavy atom. The highest BCUT2D eigenvalue weighted by atomic mass is 16.6. The topological polar surface area (TPSA) is 91.9 Å². The third kappa shape index (κ3) is 4.24. The number of hydrogen-bond acceptors (Lipinski definition) is 6. The summed E-state index contributed by atoms with van der Waals surface area (Å²) in [5, 5.41) is 11.6. The maximum Gasteiger partial charge on any atom is 0.269 e. The summed E-state index contributed by atoms with van der Waals surface area (Å²) in [4.78, 5) is 45.5. The zero-order valence-corrected chi connectivity index (χ0v) is 23.3. The summed E-state index contributed by atoms with van der Waals surface area (Å²) in [6.07, 6.45) is 7.59. The van der Waals surface area contributed by atoms with Crippen molar-refractivity contribution in [2.75, 3.05) is 38.1 Å². The van der Waals surface area contributed by atoms with Gasteiger partial charge in [-0.15, -0.1) is 0 Å². The molecule has 0 N–H and O–H groups in total. The van der Waals surface area contributed by atoms with Gasteiger partial charge >= 0.3 is 0 Å². The zero-order chi connectivity index (χ0) is 27.5. The van der Waals surface area contributed by atoms with Gasteiger partial charge in [-0.25, -0.2) is 0 Å². The number of hydrogen-bond donors (Lipinski definition) is 0. The maximum absolute atomic E-state index is 14.4. The van der Waals surface area contributed by atoms with Crippen LogP contribution in [0.25, 0.3) is 0 Å². The molecule has 1 aromatic carbocycles. The van der Waals surface area contributed by atoms with Crippen LogP contribution in [0.2, 0.25) is 0 Å². The van der Waals surface area contributed by atoms with Gasteiger partial charge in [0.05, 0.1) is 10.8 Å². The molecule has 1 amide bonds. The maximum atomic E-state index is 14.4. The SMILES string of the molecule is CN(C[C@@H]1CCCN2CCCC[C@H]12)C(=O)[C@@H]1Cc2cc([N+](=O)[O-])ccc2N2C[C@@H]3C[C@@H](Cn4c3cccc4=O)[C@@H]12. The van der Waals surface area contributed by atoms with E-state index in [0.717, 1.165) is 36.3 Å². The normalized spacial score (nSPS) is 30.9. The summed E-state index contributed by atoms with van der Waals surface area (Å²) in [5.41, 5.74) is 3.06. The highest BCUT2D eigenvalue weighted by Gasteiger charge is 2.50. The quantitative estimate of drug-likeness (QED) is 0.430. The number of amides is 1. The van der Waals surface area contributed by atoms with Crippen molar-refractivity contribution in [3.05, 3.63) is 68.1 Å². The van der Waals surface area contributed by atoms with Crippen LogP contribution in [0, 0.1) is 27.9 Å². The van der Waals surface area contributed by atoms with Crippen LogP contribution in [0.5, 0.6) is 0 Å². The van der Waals surface area contributed by atoms with Crippen LogP contribution < -0.4 is 10.5 Å². The van der Waals surface area contributed by atoms with Crippen LogP contribution in [0.3, 0.4) is 0 Å². The molecule has 1 aromatic heterocycles. The molecule has 6 atom stereocenters. The number of non-ortho nitro benzene ring substituents is 1. The van der Waals surface area contributed by atoms with Crippen molar-refractivity contribution in [2.45, 2.75) is 69.5 Å². The van der Waals surface area contributed by atoms with E-state index in [1.165, 1.54) is 38.8 Å². The first-order chi connectivity index (χ1) is 19.4. The molecular formula is C31H39N5O4. The Balaban J connectivity index is 1.22. The molecular weight excluding hydrogens is 506 g/mol. The van der Waals surface area contributed by atoms with Gasteiger partial charge in [0.2, 0.25) is 5.91 Å². The Kier molecular flexibility index (Phi) is 6.45. The van der Waals surface area contributed by atoms with Gasteiger partial charge in [0, 0.05) is 74.3 Å². The molecule has 3 saturated heterocycles. The third-order valence-corrected chi connectivity index (χ3v) is 10.6. The molecule has 9 nitrogen and oxygen atoms in total. The molecule has 5 aliphatic heterocycles. The average Bonchev–Trinajstić information content (AvgIpc) is 2.96. The molecule has 6 heterocycles. The number of nitrogens with zero attached hydrogens (tertiary/aromatic N) is 5. The monoisotopic (exact) mass is 545 g/mol. The van der Waals surface area contributed by atoms with Gasteiger partial charge in [0.25, 0.3) is 11.2 Å². The predicted octanol–water partition coefficient (Wildman–Crippen LogP) is 3.64. The number of nitro groups is 1. The molecule has 0 aliphatic carbocycles. The van der Waals surface area contributed by atoms with Gasteiger partial charge in [-0.3, -0.25) is 19.7 Å². The minimum absolute atomic E-state index is 0.0295. The fourth-order valence-corrected chi connectivity index (χ4v) is 8.95. The standard InChI is InChI=1S/C31H39N5O4/c1-32(17-20-6-5-13-33-12-3-2-7-26(20)33)31(38)25-16-21-15-24(36(39)40)10-11-28(21)35-18-22-14-23(30(25)35)19-34-27(22)8-4-9-29(34)37/h4,8-11,15,20,22-23,25-26,30H,2-3,5-7,12-14,16-19H2,1H3/t20-,22-,23-,25+,26+,30-/m0/s1. The van der Waals surface area contributed by atoms with E-state index in [-0.39, 0.29) is 45.9 Å². The summed E-state index contributed by atoms with van der Waals surface area (Å²) in [5.74, 6) is 0.702. The molecule has 0 unspecified atom stereocenters. The summed E-state index contributed by atoms with van der Waals surface area (Å²) in [6.45, 7) is 4.45. The lowest BCUT2D eigenvalue weighted by molar-refractivity contribution is -0.384. The van der Waals surface area contributed by atoms with Crippen molar-refractivity contribution in [1.29, 1.82) is 0 Å². The van der Waals surface area contributed by atoms with Crippen molar-refractivity contribution >= 4 is 17.3 Å². The van der Waals surface area contributed by atoms with Gasteiger partial charge in [-0.1, -0.05) is 12.5 Å². The molecule has 0 radical (unpaired) electrons. The fraction of sp³-hybridized carbons (Fsp3) is 0.613. The minimum atomic E-state index is -0.345. The van der Waals surface area contributed by atoms with Crippen LogP contribution in [0.15, 0.2) is 41.2 Å². The van der Waals surface area contributed by atoms with E-state index < -0.39 is 0 Å². The lowest BCUT2D eigenvalue weighted by Gasteiger charge is -2.54. The summed E-state index contributed by atoms with van der Waals surface area (Å²) < 4.78 is 1.92. The number of rotatable bonds is 4. The van der Waals surface area contributed by atoms with Gasteiger partial charge in [0.15, 0.2) is 0 Å². The molecule has 2 bridgehead atoms. The first-order valence-electron chi connectivity index (χ1n) is 15.1. The van der Waals surface area contributed by atoms with Crippen molar-refractivity contribution in [2.24, 2.45) is 17.8 Å². The second-order valence-corrected chi connectivity index (χ2v) is 12.8. The highest BCUT2D eigenvalue weighted by Crippen LogP contribution is 2.48.